The Hall–Kier alpha value is -1.32. The lowest BCUT2D eigenvalue weighted by molar-refractivity contribution is 0.103. The Bertz CT molecular complexity index is 608. The van der Waals surface area contributed by atoms with E-state index in [9.17, 15) is 4.79 Å². The molecular formula is C16H14BrClO2. The molecule has 20 heavy (non-hydrogen) atoms. The molecule has 0 saturated carbocycles. The lowest BCUT2D eigenvalue weighted by atomic mass is 10.0. The molecular weight excluding hydrogens is 340 g/mol. The number of hydrogen-bond donors (Lipinski definition) is 0. The van der Waals surface area contributed by atoms with E-state index in [0.717, 1.165) is 16.6 Å². The summed E-state index contributed by atoms with van der Waals surface area (Å²) in [5.74, 6) is 0.704. The number of ether oxygens (including phenoxy) is 1. The first-order chi connectivity index (χ1) is 9.61. The average molecular weight is 354 g/mol. The third-order valence-electron chi connectivity index (χ3n) is 2.76. The molecule has 0 heterocycles. The highest BCUT2D eigenvalue weighted by Gasteiger charge is 2.13. The third kappa shape index (κ3) is 3.62. The van der Waals surface area contributed by atoms with Gasteiger partial charge in [0.05, 0.1) is 6.61 Å². The minimum absolute atomic E-state index is 0.0681. The van der Waals surface area contributed by atoms with Crippen molar-refractivity contribution < 1.29 is 9.53 Å². The van der Waals surface area contributed by atoms with Crippen molar-refractivity contribution >= 4 is 33.3 Å². The fourth-order valence-electron chi connectivity index (χ4n) is 1.75. The zero-order valence-corrected chi connectivity index (χ0v) is 13.4. The maximum Gasteiger partial charge on any atom is 0.194 e. The molecule has 0 N–H and O–H groups in total. The van der Waals surface area contributed by atoms with Crippen molar-refractivity contribution in [3.8, 4) is 5.75 Å². The summed E-state index contributed by atoms with van der Waals surface area (Å²) in [7, 11) is 0. The fraction of sp³-hybridized carbons (Fsp3) is 0.188. The molecule has 104 valence electrons. The molecule has 0 fully saturated rings. The van der Waals surface area contributed by atoms with E-state index in [-0.39, 0.29) is 5.78 Å². The van der Waals surface area contributed by atoms with Gasteiger partial charge in [-0.25, -0.2) is 0 Å². The van der Waals surface area contributed by atoms with E-state index in [2.05, 4.69) is 22.9 Å². The van der Waals surface area contributed by atoms with Crippen molar-refractivity contribution in [3.63, 3.8) is 0 Å². The number of carbonyl (C=O) groups is 1. The Balaban J connectivity index is 2.22. The van der Waals surface area contributed by atoms with Crippen LogP contribution < -0.4 is 4.74 Å². The quantitative estimate of drug-likeness (QED) is 0.697. The molecule has 4 heteroatoms. The molecule has 0 radical (unpaired) electrons. The SMILES string of the molecule is CCCOc1ccc(C(=O)c2cc(Cl)ccc2Br)cc1. The van der Waals surface area contributed by atoms with E-state index in [4.69, 9.17) is 16.3 Å². The van der Waals surface area contributed by atoms with Crippen molar-refractivity contribution in [2.45, 2.75) is 13.3 Å². The molecule has 2 rings (SSSR count). The molecule has 2 aromatic carbocycles. The smallest absolute Gasteiger partial charge is 0.194 e. The summed E-state index contributed by atoms with van der Waals surface area (Å²) in [6.45, 7) is 2.72. The summed E-state index contributed by atoms with van der Waals surface area (Å²) in [4.78, 5) is 12.4. The minimum Gasteiger partial charge on any atom is -0.494 e. The van der Waals surface area contributed by atoms with Crippen molar-refractivity contribution in [1.82, 2.24) is 0 Å². The molecule has 0 unspecified atom stereocenters. The predicted octanol–water partition coefficient (Wildman–Crippen LogP) is 5.12. The molecule has 0 aliphatic carbocycles. The van der Waals surface area contributed by atoms with Gasteiger partial charge in [0.1, 0.15) is 5.75 Å². The molecule has 0 saturated heterocycles. The largest absolute Gasteiger partial charge is 0.494 e. The van der Waals surface area contributed by atoms with Gasteiger partial charge in [0.15, 0.2) is 5.78 Å². The molecule has 2 nitrogen and oxygen atoms in total. The zero-order chi connectivity index (χ0) is 14.5. The summed E-state index contributed by atoms with van der Waals surface area (Å²) in [6.07, 6.45) is 0.955. The van der Waals surface area contributed by atoms with Crippen LogP contribution in [0.5, 0.6) is 5.75 Å². The van der Waals surface area contributed by atoms with E-state index in [1.807, 2.05) is 0 Å². The van der Waals surface area contributed by atoms with E-state index in [1.54, 1.807) is 42.5 Å². The van der Waals surface area contributed by atoms with Crippen LogP contribution in [0.25, 0.3) is 0 Å². The van der Waals surface area contributed by atoms with Gasteiger partial charge >= 0.3 is 0 Å². The van der Waals surface area contributed by atoms with Crippen molar-refractivity contribution in [2.24, 2.45) is 0 Å². The van der Waals surface area contributed by atoms with Crippen molar-refractivity contribution in [1.29, 1.82) is 0 Å². The number of hydrogen-bond acceptors (Lipinski definition) is 2. The summed E-state index contributed by atoms with van der Waals surface area (Å²) in [5, 5.41) is 0.541. The van der Waals surface area contributed by atoms with Gasteiger partial charge < -0.3 is 4.74 Å². The molecule has 0 amide bonds. The zero-order valence-electron chi connectivity index (χ0n) is 11.0. The fourth-order valence-corrected chi connectivity index (χ4v) is 2.35. The van der Waals surface area contributed by atoms with Crippen molar-refractivity contribution in [2.75, 3.05) is 6.61 Å². The van der Waals surface area contributed by atoms with E-state index >= 15 is 0 Å². The van der Waals surface area contributed by atoms with Gasteiger partial charge in [0.25, 0.3) is 0 Å². The van der Waals surface area contributed by atoms with Gasteiger partial charge in [-0.3, -0.25) is 4.79 Å². The minimum atomic E-state index is -0.0681. The Morgan fingerprint density at radius 2 is 1.90 bits per heavy atom. The van der Waals surface area contributed by atoms with Gasteiger partial charge in [-0.15, -0.1) is 0 Å². The van der Waals surface area contributed by atoms with Crippen LogP contribution in [-0.4, -0.2) is 12.4 Å². The number of ketones is 1. The highest BCUT2D eigenvalue weighted by atomic mass is 79.9. The molecule has 2 aromatic rings. The first-order valence-electron chi connectivity index (χ1n) is 6.34. The first kappa shape index (κ1) is 15.1. The standard InChI is InChI=1S/C16H14BrClO2/c1-2-9-20-13-6-3-11(4-7-13)16(19)14-10-12(18)5-8-15(14)17/h3-8,10H,2,9H2,1H3. The Kier molecular flexibility index (Phi) is 5.21. The molecule has 0 atom stereocenters. The molecule has 0 aliphatic heterocycles. The van der Waals surface area contributed by atoms with E-state index < -0.39 is 0 Å². The summed E-state index contributed by atoms with van der Waals surface area (Å²) in [5.41, 5.74) is 1.16. The van der Waals surface area contributed by atoms with Crippen LogP contribution in [0.3, 0.4) is 0 Å². The average Bonchev–Trinajstić information content (AvgIpc) is 2.47. The summed E-state index contributed by atoms with van der Waals surface area (Å²) >= 11 is 9.31. The lowest BCUT2D eigenvalue weighted by Crippen LogP contribution is -2.03. The van der Waals surface area contributed by atoms with E-state index in [1.165, 1.54) is 0 Å². The summed E-state index contributed by atoms with van der Waals surface area (Å²) < 4.78 is 6.23. The predicted molar refractivity (Wildman–Crippen MR) is 84.8 cm³/mol. The topological polar surface area (TPSA) is 26.3 Å². The molecule has 0 aromatic heterocycles. The van der Waals surface area contributed by atoms with Gasteiger partial charge in [0.2, 0.25) is 0 Å². The first-order valence-corrected chi connectivity index (χ1v) is 7.51. The van der Waals surface area contributed by atoms with E-state index in [0.29, 0.717) is 22.8 Å². The van der Waals surface area contributed by atoms with Gasteiger partial charge in [-0.1, -0.05) is 34.5 Å². The van der Waals surface area contributed by atoms with Gasteiger partial charge in [-0.05, 0) is 48.9 Å². The van der Waals surface area contributed by atoms with Crippen molar-refractivity contribution in [3.05, 3.63) is 63.1 Å². The second kappa shape index (κ2) is 6.91. The highest BCUT2D eigenvalue weighted by molar-refractivity contribution is 9.10. The molecule has 0 aliphatic rings. The molecule has 0 spiro atoms. The normalized spacial score (nSPS) is 10.3. The highest BCUT2D eigenvalue weighted by Crippen LogP contribution is 2.24. The number of carbonyl (C=O) groups excluding carboxylic acids is 1. The Morgan fingerprint density at radius 1 is 1.20 bits per heavy atom. The maximum atomic E-state index is 12.4. The number of benzene rings is 2. The van der Waals surface area contributed by atoms with Crippen LogP contribution in [0.1, 0.15) is 29.3 Å². The number of halogens is 2. The monoisotopic (exact) mass is 352 g/mol. The van der Waals surface area contributed by atoms with Gasteiger partial charge in [-0.2, -0.15) is 0 Å². The Labute approximate surface area is 131 Å². The van der Waals surface area contributed by atoms with Crippen LogP contribution in [0.2, 0.25) is 5.02 Å². The Morgan fingerprint density at radius 3 is 2.55 bits per heavy atom. The molecule has 0 bridgehead atoms. The maximum absolute atomic E-state index is 12.4. The third-order valence-corrected chi connectivity index (χ3v) is 3.69. The summed E-state index contributed by atoms with van der Waals surface area (Å²) in [6, 6.07) is 12.3. The van der Waals surface area contributed by atoms with Crippen LogP contribution in [0, 0.1) is 0 Å². The van der Waals surface area contributed by atoms with Crippen LogP contribution >= 0.6 is 27.5 Å². The number of rotatable bonds is 5. The second-order valence-electron chi connectivity index (χ2n) is 4.33. The lowest BCUT2D eigenvalue weighted by Gasteiger charge is -2.07. The van der Waals surface area contributed by atoms with Gasteiger partial charge in [0, 0.05) is 20.6 Å². The van der Waals surface area contributed by atoms with Crippen LogP contribution in [0.4, 0.5) is 0 Å². The second-order valence-corrected chi connectivity index (χ2v) is 5.62. The van der Waals surface area contributed by atoms with Crippen LogP contribution in [0.15, 0.2) is 46.9 Å². The van der Waals surface area contributed by atoms with Crippen LogP contribution in [-0.2, 0) is 0 Å².